The largest absolute Gasteiger partial charge is 0.657 e. The minimum atomic E-state index is -6.26. The highest BCUT2D eigenvalue weighted by Gasteiger charge is 2.61. The molecule has 0 aromatic rings. The summed E-state index contributed by atoms with van der Waals surface area (Å²) in [5.74, 6) is -41.1. The minimum Gasteiger partial charge on any atom is -0.657 e. The van der Waals surface area contributed by atoms with Gasteiger partial charge in [0.25, 0.3) is 17.8 Å². The van der Waals surface area contributed by atoms with E-state index in [1.807, 2.05) is 5.32 Å². The van der Waals surface area contributed by atoms with E-state index in [0.29, 0.717) is 0 Å². The Kier molecular flexibility index (Phi) is 25.6. The first-order valence-electron chi connectivity index (χ1n) is 17.2. The third-order valence-electron chi connectivity index (χ3n) is 6.97. The van der Waals surface area contributed by atoms with Crippen molar-refractivity contribution in [3.05, 3.63) is 26.6 Å². The van der Waals surface area contributed by atoms with Crippen molar-refractivity contribution in [3.63, 3.8) is 0 Å². The summed E-state index contributed by atoms with van der Waals surface area (Å²) >= 11 is 0. The molecule has 0 spiro atoms. The molecule has 0 unspecified atom stereocenters. The number of hydrogen-bond donors (Lipinski definition) is 0. The zero-order valence-electron chi connectivity index (χ0n) is 33.2. The number of nitrogens with zero attached hydrogens (tertiary/aromatic N) is 5. The third kappa shape index (κ3) is 29.1. The number of rotatable bonds is 14. The molecule has 2 aliphatic heterocycles. The van der Waals surface area contributed by atoms with Crippen LogP contribution >= 0.6 is 0 Å². The molecule has 70 heavy (non-hydrogen) atoms. The lowest BCUT2D eigenvalue weighted by atomic mass is 10.1. The molecule has 2 rings (SSSR count). The Bertz CT molecular complexity index is 1400. The monoisotopic (exact) mass is 1130 g/mol. The summed E-state index contributed by atoms with van der Waals surface area (Å²) in [5, 5.41) is 12.7. The average molecular weight is 1130 g/mol. The maximum absolute atomic E-state index is 12.9. The van der Waals surface area contributed by atoms with E-state index in [9.17, 15) is 158 Å². The van der Waals surface area contributed by atoms with Crippen LogP contribution in [0.5, 0.6) is 0 Å². The molecule has 2 aliphatic rings. The Morgan fingerprint density at radius 1 is 0.314 bits per heavy atom. The second-order valence-electron chi connectivity index (χ2n) is 13.7. The van der Waals surface area contributed by atoms with Crippen molar-refractivity contribution in [3.8, 4) is 0 Å². The zero-order chi connectivity index (χ0) is 56.9. The van der Waals surface area contributed by atoms with E-state index in [1.165, 1.54) is 0 Å². The van der Waals surface area contributed by atoms with Crippen molar-refractivity contribution in [1.29, 1.82) is 0 Å². The summed E-state index contributed by atoms with van der Waals surface area (Å²) in [6.45, 7) is -15.7. The van der Waals surface area contributed by atoms with Crippen LogP contribution in [0.4, 0.5) is 158 Å². The quantitative estimate of drug-likeness (QED) is 0.156. The van der Waals surface area contributed by atoms with Crippen LogP contribution in [0.25, 0.3) is 26.6 Å². The molecule has 41 heteroatoms. The van der Waals surface area contributed by atoms with Crippen LogP contribution in [0.1, 0.15) is 25.7 Å². The molecule has 2 heterocycles. The summed E-state index contributed by atoms with van der Waals surface area (Å²) in [6.07, 6.45) is -40.1. The topological polar surface area (TPSA) is 70.5 Å². The SMILES string of the molecule is FC(F)(F)C(F)(F)C[N-]CC(F)(F)C(F)(F)F.FC(F)(F)CCC(F)(F)C[N-]CC(F)(F)CC(F)(F)C(F)(F)F.FC(F)(F)C[N-]CC(F)(F)F.FC1(F)CC[N-]CC1(F)F.FC1(F)C[N-]CC1(F)F. The minimum absolute atomic E-state index is 0.164. The molecule has 0 radical (unpaired) electrons. The van der Waals surface area contributed by atoms with E-state index in [0.717, 1.165) is 0 Å². The van der Waals surface area contributed by atoms with Crippen LogP contribution < -0.4 is 0 Å². The standard InChI is InChI=1S/C10H10F12N.C6H4F10N.C5H6F4N.C4H4F6N.C4H4F4N/c11-6(12,1-2-9(17,18)19)4-23-5-7(13,14)3-8(15,16)10(20,21)22;7-3(8,5(11,12)13)1-17-2-4(9,10)6(14,15)16;6-4(7)1-2-10-3-5(4,8)9;5-3(6,7)1-11-2-4(8,9)10;5-3(6)1-9-2-4(3,7)8/h1-5H2;1-2H2;1-3H2;1-2H2;1-2H2/q5*-1. The van der Waals surface area contributed by atoms with E-state index >= 15 is 0 Å². The molecule has 5 nitrogen and oxygen atoms in total. The van der Waals surface area contributed by atoms with E-state index in [1.54, 1.807) is 0 Å². The maximum Gasteiger partial charge on any atom is 0.453 e. The number of hydrogen-bond acceptors (Lipinski definition) is 0. The molecule has 0 aromatic carbocycles. The van der Waals surface area contributed by atoms with Gasteiger partial charge in [-0.1, -0.05) is 58.9 Å². The number of alkyl halides is 36. The summed E-state index contributed by atoms with van der Waals surface area (Å²) in [7, 11) is 0. The average Bonchev–Trinajstić information content (AvgIpc) is 3.31. The summed E-state index contributed by atoms with van der Waals surface area (Å²) in [5.41, 5.74) is 0. The van der Waals surface area contributed by atoms with Gasteiger partial charge in [0, 0.05) is 12.8 Å². The molecule has 2 fully saturated rings. The smallest absolute Gasteiger partial charge is 0.453 e. The molecule has 0 atom stereocenters. The lowest BCUT2D eigenvalue weighted by Gasteiger charge is -2.38. The van der Waals surface area contributed by atoms with Crippen LogP contribution in [-0.2, 0) is 0 Å². The van der Waals surface area contributed by atoms with Crippen LogP contribution in [0.3, 0.4) is 0 Å². The van der Waals surface area contributed by atoms with Gasteiger partial charge in [0.05, 0.1) is 6.42 Å². The van der Waals surface area contributed by atoms with Crippen molar-refractivity contribution in [2.24, 2.45) is 0 Å². The van der Waals surface area contributed by atoms with Crippen LogP contribution in [-0.4, -0.2) is 156 Å². The van der Waals surface area contributed by atoms with Gasteiger partial charge in [0.2, 0.25) is 11.8 Å². The van der Waals surface area contributed by atoms with Crippen LogP contribution in [0.15, 0.2) is 0 Å². The first kappa shape index (κ1) is 71.5. The molecule has 2 saturated heterocycles. The fraction of sp³-hybridized carbons (Fsp3) is 1.00. The van der Waals surface area contributed by atoms with Crippen molar-refractivity contribution in [1.82, 2.24) is 0 Å². The Morgan fingerprint density at radius 3 is 0.871 bits per heavy atom. The summed E-state index contributed by atoms with van der Waals surface area (Å²) in [6, 6.07) is 0. The predicted molar refractivity (Wildman–Crippen MR) is 165 cm³/mol. The highest BCUT2D eigenvalue weighted by atomic mass is 19.5. The molecule has 0 saturated carbocycles. The molecule has 0 aromatic heterocycles. The summed E-state index contributed by atoms with van der Waals surface area (Å²) in [4.78, 5) is 0. The molecule has 426 valence electrons. The van der Waals surface area contributed by atoms with Crippen LogP contribution in [0, 0.1) is 0 Å². The highest BCUT2D eigenvalue weighted by molar-refractivity contribution is 5.09. The van der Waals surface area contributed by atoms with E-state index in [2.05, 4.69) is 21.3 Å². The van der Waals surface area contributed by atoms with Crippen molar-refractivity contribution in [2.45, 2.75) is 116 Å². The van der Waals surface area contributed by atoms with Gasteiger partial charge in [0.1, 0.15) is 0 Å². The van der Waals surface area contributed by atoms with Crippen molar-refractivity contribution >= 4 is 0 Å². The van der Waals surface area contributed by atoms with Gasteiger partial charge in [-0.2, -0.15) is 105 Å². The Balaban J connectivity index is -0.000000840. The van der Waals surface area contributed by atoms with Crippen molar-refractivity contribution in [2.75, 3.05) is 65.4 Å². The molecule has 0 bridgehead atoms. The maximum atomic E-state index is 12.9. The van der Waals surface area contributed by atoms with Gasteiger partial charge in [-0.15, -0.1) is 6.54 Å². The Morgan fingerprint density at radius 2 is 0.614 bits per heavy atom. The molecular formula is C29H28F36N5-5. The fourth-order valence-corrected chi connectivity index (χ4v) is 3.40. The lowest BCUT2D eigenvalue weighted by Crippen LogP contribution is -2.47. The number of piperidine rings is 1. The first-order valence-corrected chi connectivity index (χ1v) is 17.2. The van der Waals surface area contributed by atoms with Crippen molar-refractivity contribution < 1.29 is 158 Å². The van der Waals surface area contributed by atoms with E-state index < -0.39 is 175 Å². The number of halogens is 36. The molecule has 0 amide bonds. The van der Waals surface area contributed by atoms with Gasteiger partial charge >= 0.3 is 60.7 Å². The van der Waals surface area contributed by atoms with Gasteiger partial charge < -0.3 is 26.6 Å². The third-order valence-corrected chi connectivity index (χ3v) is 6.97. The molecule has 0 aliphatic carbocycles. The van der Waals surface area contributed by atoms with Gasteiger partial charge in [-0.3, -0.25) is 0 Å². The highest BCUT2D eigenvalue weighted by Crippen LogP contribution is 2.45. The lowest BCUT2D eigenvalue weighted by molar-refractivity contribution is -0.299. The van der Waals surface area contributed by atoms with Crippen LogP contribution in [0.2, 0.25) is 0 Å². The molecule has 0 N–H and O–H groups in total. The predicted octanol–water partition coefficient (Wildman–Crippen LogP) is 15.5. The fourth-order valence-electron chi connectivity index (χ4n) is 3.40. The Labute approximate surface area is 367 Å². The van der Waals surface area contributed by atoms with Gasteiger partial charge in [-0.05, 0) is 6.42 Å². The van der Waals surface area contributed by atoms with Gasteiger partial charge in [0.15, 0.2) is 0 Å². The van der Waals surface area contributed by atoms with E-state index in [-0.39, 0.29) is 6.54 Å². The first-order chi connectivity index (χ1) is 30.2. The second kappa shape index (κ2) is 25.0. The molecular weight excluding hydrogens is 1100 g/mol. The normalized spacial score (nSPS) is 19.0. The summed E-state index contributed by atoms with van der Waals surface area (Å²) < 4.78 is 427. The zero-order valence-corrected chi connectivity index (χ0v) is 33.2. The Hall–Kier alpha value is -2.72. The van der Waals surface area contributed by atoms with Gasteiger partial charge in [-0.25, -0.2) is 52.7 Å². The second-order valence-corrected chi connectivity index (χ2v) is 13.7. The van der Waals surface area contributed by atoms with E-state index in [4.69, 9.17) is 0 Å².